The summed E-state index contributed by atoms with van der Waals surface area (Å²) < 4.78 is 33.1. The number of aromatic nitrogens is 4. The Morgan fingerprint density at radius 3 is 2.73 bits per heavy atom. The summed E-state index contributed by atoms with van der Waals surface area (Å²) in [7, 11) is -1.82. The van der Waals surface area contributed by atoms with Gasteiger partial charge in [-0.3, -0.25) is 9.21 Å². The second-order valence-corrected chi connectivity index (χ2v) is 12.8. The summed E-state index contributed by atoms with van der Waals surface area (Å²) >= 11 is 6.69. The number of hydrogen-bond donors (Lipinski definition) is 0. The van der Waals surface area contributed by atoms with E-state index in [1.165, 1.54) is 17.1 Å². The lowest BCUT2D eigenvalue weighted by Gasteiger charge is -2.30. The molecule has 2 aliphatic rings. The minimum Gasteiger partial charge on any atom is -0.337 e. The minimum absolute atomic E-state index is 0.228. The van der Waals surface area contributed by atoms with E-state index in [0.29, 0.717) is 40.2 Å². The Kier molecular flexibility index (Phi) is 6.05. The molecule has 0 radical (unpaired) electrons. The molecule has 1 atom stereocenters. The van der Waals surface area contributed by atoms with Gasteiger partial charge in [-0.25, -0.2) is 8.42 Å². The standard InChI is InChI=1S/C27H31ClN6O2S/c1-18-5-4-8-32(13-18)14-20-10-24(28)23-15-34(37(35,36)26(23)11-20)22-7-6-21-9-19(2)33(25(21)12-22)16-27-30-29-17-31(27)3/h6-7,9-12,17-18H,4-5,8,13-16H2,1-3H3/t18-/m0/s1. The third kappa shape index (κ3) is 4.32. The monoisotopic (exact) mass is 538 g/mol. The minimum atomic E-state index is -3.73. The van der Waals surface area contributed by atoms with Gasteiger partial charge < -0.3 is 9.13 Å². The molecule has 0 amide bonds. The van der Waals surface area contributed by atoms with Gasteiger partial charge in [-0.05, 0) is 68.1 Å². The van der Waals surface area contributed by atoms with Crippen molar-refractivity contribution in [3.8, 4) is 0 Å². The topological polar surface area (TPSA) is 76.3 Å². The molecule has 2 aromatic heterocycles. The zero-order chi connectivity index (χ0) is 25.9. The summed E-state index contributed by atoms with van der Waals surface area (Å²) in [5.74, 6) is 1.48. The summed E-state index contributed by atoms with van der Waals surface area (Å²) in [6, 6.07) is 11.7. The Hall–Kier alpha value is -2.88. The summed E-state index contributed by atoms with van der Waals surface area (Å²) in [5, 5.41) is 9.78. The van der Waals surface area contributed by atoms with Crippen LogP contribution in [0.3, 0.4) is 0 Å². The van der Waals surface area contributed by atoms with Crippen molar-refractivity contribution in [3.05, 3.63) is 70.4 Å². The summed E-state index contributed by atoms with van der Waals surface area (Å²) in [6.07, 6.45) is 4.10. The van der Waals surface area contributed by atoms with Gasteiger partial charge in [-0.15, -0.1) is 10.2 Å². The maximum Gasteiger partial charge on any atom is 0.265 e. The summed E-state index contributed by atoms with van der Waals surface area (Å²) in [6.45, 7) is 7.87. The number of aryl methyl sites for hydroxylation is 2. The molecule has 1 fully saturated rings. The third-order valence-corrected chi connectivity index (χ3v) is 9.90. The molecule has 0 aliphatic carbocycles. The molecule has 0 spiro atoms. The molecule has 10 heteroatoms. The number of benzene rings is 2. The van der Waals surface area contributed by atoms with Crippen molar-refractivity contribution in [2.75, 3.05) is 17.4 Å². The second kappa shape index (κ2) is 9.15. The molecular formula is C27H31ClN6O2S. The van der Waals surface area contributed by atoms with Crippen LogP contribution in [0, 0.1) is 12.8 Å². The fourth-order valence-electron chi connectivity index (χ4n) is 5.74. The largest absolute Gasteiger partial charge is 0.337 e. The van der Waals surface area contributed by atoms with Crippen LogP contribution in [-0.4, -0.2) is 45.7 Å². The number of halogens is 1. The van der Waals surface area contributed by atoms with E-state index >= 15 is 0 Å². The maximum atomic E-state index is 13.8. The highest BCUT2D eigenvalue weighted by atomic mass is 35.5. The first-order valence-electron chi connectivity index (χ1n) is 12.7. The molecule has 1 saturated heterocycles. The van der Waals surface area contributed by atoms with Gasteiger partial charge in [0.15, 0.2) is 5.82 Å². The Bertz CT molecular complexity index is 1610. The number of fused-ring (bicyclic) bond motifs is 2. The fourth-order valence-corrected chi connectivity index (χ4v) is 7.81. The molecule has 37 heavy (non-hydrogen) atoms. The Morgan fingerprint density at radius 1 is 1.14 bits per heavy atom. The van der Waals surface area contributed by atoms with E-state index in [0.717, 1.165) is 41.1 Å². The second-order valence-electron chi connectivity index (χ2n) is 10.5. The van der Waals surface area contributed by atoms with Gasteiger partial charge in [0.1, 0.15) is 6.33 Å². The molecule has 0 saturated carbocycles. The van der Waals surface area contributed by atoms with Crippen molar-refractivity contribution in [1.82, 2.24) is 24.2 Å². The number of rotatable bonds is 5. The van der Waals surface area contributed by atoms with Crippen LogP contribution in [0.4, 0.5) is 5.69 Å². The fraction of sp³-hybridized carbons (Fsp3) is 0.407. The number of likely N-dealkylation sites (tertiary alicyclic amines) is 1. The SMILES string of the molecule is Cc1cc2ccc(N3Cc4c(Cl)cc(CN5CCC[C@H](C)C5)cc4S3(=O)=O)cc2n1Cc1nncn1C. The average Bonchev–Trinajstić information content (AvgIpc) is 3.48. The first-order valence-corrected chi connectivity index (χ1v) is 14.5. The van der Waals surface area contributed by atoms with Gasteiger partial charge in [0.2, 0.25) is 0 Å². The molecule has 0 bridgehead atoms. The van der Waals surface area contributed by atoms with Crippen molar-refractivity contribution in [2.24, 2.45) is 13.0 Å². The smallest absolute Gasteiger partial charge is 0.265 e. The van der Waals surface area contributed by atoms with Crippen molar-refractivity contribution < 1.29 is 8.42 Å². The number of hydrogen-bond acceptors (Lipinski definition) is 5. The number of piperidine rings is 1. The highest BCUT2D eigenvalue weighted by molar-refractivity contribution is 7.93. The zero-order valence-corrected chi connectivity index (χ0v) is 22.9. The van der Waals surface area contributed by atoms with Crippen LogP contribution in [0.5, 0.6) is 0 Å². The third-order valence-electron chi connectivity index (χ3n) is 7.72. The molecule has 8 nitrogen and oxygen atoms in total. The van der Waals surface area contributed by atoms with Gasteiger partial charge in [0.05, 0.1) is 29.2 Å². The number of sulfonamides is 1. The van der Waals surface area contributed by atoms with Crippen molar-refractivity contribution >= 4 is 38.2 Å². The van der Waals surface area contributed by atoms with E-state index in [1.807, 2.05) is 48.9 Å². The van der Waals surface area contributed by atoms with E-state index in [4.69, 9.17) is 11.6 Å². The van der Waals surface area contributed by atoms with E-state index in [1.54, 1.807) is 6.33 Å². The predicted molar refractivity (Wildman–Crippen MR) is 145 cm³/mol. The van der Waals surface area contributed by atoms with E-state index in [-0.39, 0.29) is 6.54 Å². The Balaban J connectivity index is 1.34. The molecular weight excluding hydrogens is 508 g/mol. The van der Waals surface area contributed by atoms with Crippen molar-refractivity contribution in [3.63, 3.8) is 0 Å². The highest BCUT2D eigenvalue weighted by Crippen LogP contribution is 2.40. The Morgan fingerprint density at radius 2 is 1.97 bits per heavy atom. The maximum absolute atomic E-state index is 13.8. The van der Waals surface area contributed by atoms with Crippen LogP contribution in [-0.2, 0) is 36.7 Å². The van der Waals surface area contributed by atoms with Crippen molar-refractivity contribution in [1.29, 1.82) is 0 Å². The first kappa shape index (κ1) is 24.5. The Labute approximate surface area is 222 Å². The van der Waals surface area contributed by atoms with Crippen LogP contribution in [0.15, 0.2) is 47.6 Å². The normalized spacial score (nSPS) is 19.6. The molecule has 6 rings (SSSR count). The van der Waals surface area contributed by atoms with Gasteiger partial charge in [-0.1, -0.05) is 24.6 Å². The van der Waals surface area contributed by atoms with Crippen LogP contribution in [0.25, 0.3) is 10.9 Å². The molecule has 0 N–H and O–H groups in total. The summed E-state index contributed by atoms with van der Waals surface area (Å²) in [4.78, 5) is 2.72. The molecule has 194 valence electrons. The molecule has 4 heterocycles. The number of nitrogens with zero attached hydrogens (tertiary/aromatic N) is 6. The zero-order valence-electron chi connectivity index (χ0n) is 21.4. The molecule has 2 aromatic carbocycles. The van der Waals surface area contributed by atoms with Crippen LogP contribution in [0.1, 0.15) is 42.4 Å². The lowest BCUT2D eigenvalue weighted by molar-refractivity contribution is 0.176. The van der Waals surface area contributed by atoms with Crippen molar-refractivity contribution in [2.45, 2.75) is 51.2 Å². The lowest BCUT2D eigenvalue weighted by atomic mass is 9.99. The quantitative estimate of drug-likeness (QED) is 0.367. The average molecular weight is 539 g/mol. The highest BCUT2D eigenvalue weighted by Gasteiger charge is 2.37. The predicted octanol–water partition coefficient (Wildman–Crippen LogP) is 4.72. The van der Waals surface area contributed by atoms with Gasteiger partial charge in [0, 0.05) is 41.8 Å². The lowest BCUT2D eigenvalue weighted by Crippen LogP contribution is -2.33. The molecule has 0 unspecified atom stereocenters. The van der Waals surface area contributed by atoms with Gasteiger partial charge in [-0.2, -0.15) is 0 Å². The molecule has 2 aliphatic heterocycles. The number of anilines is 1. The van der Waals surface area contributed by atoms with E-state index in [9.17, 15) is 8.42 Å². The van der Waals surface area contributed by atoms with Gasteiger partial charge >= 0.3 is 0 Å². The molecule has 4 aromatic rings. The van der Waals surface area contributed by atoms with Crippen LogP contribution in [0.2, 0.25) is 5.02 Å². The first-order chi connectivity index (χ1) is 17.7. The summed E-state index contributed by atoms with van der Waals surface area (Å²) in [5.41, 5.74) is 4.27. The van der Waals surface area contributed by atoms with Crippen LogP contribution < -0.4 is 4.31 Å². The van der Waals surface area contributed by atoms with Crippen LogP contribution >= 0.6 is 11.6 Å². The van der Waals surface area contributed by atoms with E-state index < -0.39 is 10.0 Å². The van der Waals surface area contributed by atoms with E-state index in [2.05, 4.69) is 32.7 Å². The van der Waals surface area contributed by atoms with Gasteiger partial charge in [0.25, 0.3) is 10.0 Å².